The lowest BCUT2D eigenvalue weighted by Gasteiger charge is -2.17. The van der Waals surface area contributed by atoms with Crippen LogP contribution < -0.4 is 5.32 Å². The van der Waals surface area contributed by atoms with E-state index in [1.807, 2.05) is 6.92 Å². The van der Waals surface area contributed by atoms with E-state index in [0.29, 0.717) is 11.3 Å². The van der Waals surface area contributed by atoms with Crippen LogP contribution in [0.25, 0.3) is 11.2 Å². The summed E-state index contributed by atoms with van der Waals surface area (Å²) in [7, 11) is 0. The Morgan fingerprint density at radius 3 is 2.94 bits per heavy atom. The SMILES string of the molecule is [2H]C([2H])(O)C([2H])([2H])O[C@H]1C[C@@H](n2nnc3c(N[C@]4([2H])C([2H])([2H])[C@@]4([2H])c4ccc(C)c(F)c4)nc(SCCC)nc32)[C@H](O)[C@@H]1O. The predicted octanol–water partition coefficient (Wildman–Crippen LogP) is 2.18. The maximum atomic E-state index is 14.4. The molecule has 5 rings (SSSR count). The molecule has 2 aliphatic carbocycles. The number of ether oxygens (including phenoxy) is 1. The van der Waals surface area contributed by atoms with Gasteiger partial charge in [0.25, 0.3) is 0 Å². The van der Waals surface area contributed by atoms with Crippen molar-refractivity contribution in [1.82, 2.24) is 25.0 Å². The Morgan fingerprint density at radius 2 is 2.19 bits per heavy atom. The molecule has 0 aliphatic heterocycles. The minimum atomic E-state index is -3.41. The zero-order valence-corrected chi connectivity index (χ0v) is 20.3. The van der Waals surface area contributed by atoms with Gasteiger partial charge in [-0.1, -0.05) is 36.0 Å². The van der Waals surface area contributed by atoms with Crippen LogP contribution in [0.3, 0.4) is 0 Å². The van der Waals surface area contributed by atoms with Gasteiger partial charge in [0.1, 0.15) is 18.0 Å². The van der Waals surface area contributed by atoms with Crippen molar-refractivity contribution in [1.29, 1.82) is 0 Å². The van der Waals surface area contributed by atoms with Gasteiger partial charge in [0, 0.05) is 28.2 Å². The molecule has 36 heavy (non-hydrogen) atoms. The van der Waals surface area contributed by atoms with Gasteiger partial charge in [-0.3, -0.25) is 0 Å². The smallest absolute Gasteiger partial charge is 0.191 e. The highest BCUT2D eigenvalue weighted by molar-refractivity contribution is 7.99. The topological polar surface area (TPSA) is 138 Å². The molecule has 0 saturated heterocycles. The number of nitrogens with zero attached hydrogens (tertiary/aromatic N) is 5. The Hall–Kier alpha value is -2.38. The van der Waals surface area contributed by atoms with Gasteiger partial charge in [-0.15, -0.1) is 5.10 Å². The number of aliphatic hydroxyl groups is 3. The van der Waals surface area contributed by atoms with Gasteiger partial charge in [0.2, 0.25) is 0 Å². The fourth-order valence-corrected chi connectivity index (χ4v) is 4.77. The zero-order valence-electron chi connectivity index (χ0n) is 27.4. The number of aryl methyl sites for hydroxylation is 1. The van der Waals surface area contributed by atoms with E-state index in [0.717, 1.165) is 17.2 Å². The highest BCUT2D eigenvalue weighted by atomic mass is 32.2. The molecule has 0 bridgehead atoms. The molecule has 4 N–H and O–H groups in total. The number of fused-ring (bicyclic) bond motifs is 1. The second-order valence-corrected chi connectivity index (χ2v) is 9.59. The van der Waals surface area contributed by atoms with Crippen molar-refractivity contribution in [3.8, 4) is 0 Å². The lowest BCUT2D eigenvalue weighted by Crippen LogP contribution is -2.33. The number of hydrogen-bond donors (Lipinski definition) is 4. The molecular formula is C24H31FN6O4S. The number of aromatic nitrogens is 5. The second-order valence-electron chi connectivity index (χ2n) is 8.53. The zero-order chi connectivity index (χ0) is 32.6. The van der Waals surface area contributed by atoms with E-state index >= 15 is 0 Å². The number of thioether (sulfide) groups is 1. The van der Waals surface area contributed by atoms with Gasteiger partial charge in [-0.2, -0.15) is 0 Å². The molecule has 0 unspecified atom stereocenters. The molecule has 2 aliphatic rings. The van der Waals surface area contributed by atoms with Crippen molar-refractivity contribution in [3.63, 3.8) is 0 Å². The Bertz CT molecular complexity index is 1580. The quantitative estimate of drug-likeness (QED) is 0.230. The molecule has 12 heteroatoms. The Kier molecular flexibility index (Phi) is 5.03. The Labute approximate surface area is 223 Å². The molecule has 0 amide bonds. The molecule has 0 spiro atoms. The second kappa shape index (κ2) is 10.5. The van der Waals surface area contributed by atoms with E-state index in [9.17, 15) is 19.7 Å². The number of rotatable bonds is 10. The summed E-state index contributed by atoms with van der Waals surface area (Å²) < 4.78 is 85.5. The molecule has 10 nitrogen and oxygen atoms in total. The van der Waals surface area contributed by atoms with Gasteiger partial charge in [-0.25, -0.2) is 19.0 Å². The summed E-state index contributed by atoms with van der Waals surface area (Å²) in [6.07, 6.45) is -6.85. The van der Waals surface area contributed by atoms with E-state index < -0.39 is 61.6 Å². The fourth-order valence-electron chi connectivity index (χ4n) is 4.08. The summed E-state index contributed by atoms with van der Waals surface area (Å²) in [5, 5.41) is 41.9. The first-order chi connectivity index (χ1) is 20.3. The number of hydrogen-bond acceptors (Lipinski definition) is 10. The van der Waals surface area contributed by atoms with Crippen molar-refractivity contribution < 1.29 is 35.4 Å². The summed E-state index contributed by atoms with van der Waals surface area (Å²) in [4.78, 5) is 8.88. The van der Waals surface area contributed by atoms with E-state index in [4.69, 9.17) is 15.7 Å². The normalized spacial score (nSPS) is 37.2. The third-order valence-corrected chi connectivity index (χ3v) is 7.10. The maximum Gasteiger partial charge on any atom is 0.191 e. The molecule has 3 aromatic rings. The Morgan fingerprint density at radius 1 is 1.36 bits per heavy atom. The van der Waals surface area contributed by atoms with E-state index in [1.165, 1.54) is 30.8 Å². The third-order valence-electron chi connectivity index (χ3n) is 6.05. The minimum Gasteiger partial charge on any atom is -0.394 e. The minimum absolute atomic E-state index is 0.000253. The third kappa shape index (κ3) is 4.92. The van der Waals surface area contributed by atoms with Crippen LogP contribution in [-0.2, 0) is 4.74 Å². The van der Waals surface area contributed by atoms with Gasteiger partial charge >= 0.3 is 0 Å². The number of aliphatic hydroxyl groups excluding tert-OH is 2. The summed E-state index contributed by atoms with van der Waals surface area (Å²) in [5.74, 6) is -2.46. The average Bonchev–Trinajstić information content (AvgIpc) is 3.30. The molecule has 6 atom stereocenters. The first-order valence-corrected chi connectivity index (χ1v) is 12.4. The summed E-state index contributed by atoms with van der Waals surface area (Å²) in [5.41, 5.74) is 0.182. The van der Waals surface area contributed by atoms with Gasteiger partial charge in [0.05, 0.1) is 32.1 Å². The highest BCUT2D eigenvalue weighted by Gasteiger charge is 2.45. The molecule has 194 valence electrons. The highest BCUT2D eigenvalue weighted by Crippen LogP contribution is 2.44. The van der Waals surface area contributed by atoms with E-state index in [2.05, 4.69) is 25.6 Å². The van der Waals surface area contributed by atoms with Crippen molar-refractivity contribution in [3.05, 3.63) is 35.1 Å². The largest absolute Gasteiger partial charge is 0.394 e. The van der Waals surface area contributed by atoms with Crippen LogP contribution >= 0.6 is 11.8 Å². The average molecular weight is 527 g/mol. The molecule has 2 saturated carbocycles. The molecule has 0 radical (unpaired) electrons. The maximum absolute atomic E-state index is 14.4. The van der Waals surface area contributed by atoms with Crippen molar-refractivity contribution >= 4 is 28.7 Å². The van der Waals surface area contributed by atoms with Crippen LogP contribution in [0, 0.1) is 12.7 Å². The lowest BCUT2D eigenvalue weighted by molar-refractivity contribution is -0.0629. The molecular weight excluding hydrogens is 487 g/mol. The standard InChI is InChI=1S/C24H31FN6O4S/c1-3-8-36-24-27-22(26-16-10-14(16)13-5-4-12(2)15(25)9-13)19-23(28-24)31(30-29-19)17-11-18(35-7-6-32)21(34)20(17)33/h4-5,9,14,16-18,20-21,32-34H,3,6-8,10-11H2,1-2H3,(H,26,27,28)/t14-,16+,17+,18-,20-,21+/m0/s1/i6D2,7D2,10D2,14D,16D. The fraction of sp³-hybridized carbons (Fsp3) is 0.583. The van der Waals surface area contributed by atoms with Crippen LogP contribution in [0.2, 0.25) is 0 Å². The Balaban J connectivity index is 1.53. The summed E-state index contributed by atoms with van der Waals surface area (Å²) in [6, 6.07) is 0.363. The first kappa shape index (κ1) is 17.2. The first-order valence-electron chi connectivity index (χ1n) is 15.4. The number of benzene rings is 1. The number of nitrogens with one attached hydrogen (secondary N) is 1. The van der Waals surface area contributed by atoms with Crippen LogP contribution in [0.4, 0.5) is 10.2 Å². The summed E-state index contributed by atoms with van der Waals surface area (Å²) in [6.45, 7) is -3.19. The molecule has 2 fully saturated rings. The van der Waals surface area contributed by atoms with Crippen LogP contribution in [-0.4, -0.2) is 83.5 Å². The van der Waals surface area contributed by atoms with Gasteiger partial charge < -0.3 is 25.4 Å². The van der Waals surface area contributed by atoms with Crippen LogP contribution in [0.15, 0.2) is 23.4 Å². The summed E-state index contributed by atoms with van der Waals surface area (Å²) >= 11 is 1.22. The van der Waals surface area contributed by atoms with Crippen molar-refractivity contribution in [2.45, 2.75) is 74.5 Å². The monoisotopic (exact) mass is 526 g/mol. The molecule has 1 aromatic carbocycles. The van der Waals surface area contributed by atoms with Gasteiger partial charge in [-0.05, 0) is 36.9 Å². The lowest BCUT2D eigenvalue weighted by atomic mass is 10.1. The molecule has 2 aromatic heterocycles. The predicted molar refractivity (Wildman–Crippen MR) is 133 cm³/mol. The number of halogens is 1. The van der Waals surface area contributed by atoms with E-state index in [-0.39, 0.29) is 34.1 Å². The van der Waals surface area contributed by atoms with Crippen LogP contribution in [0.5, 0.6) is 0 Å². The van der Waals surface area contributed by atoms with Crippen LogP contribution in [0.1, 0.15) is 60.2 Å². The van der Waals surface area contributed by atoms with E-state index in [1.54, 1.807) is 0 Å². The molecule has 2 heterocycles. The van der Waals surface area contributed by atoms with Crippen molar-refractivity contribution in [2.75, 3.05) is 24.2 Å². The van der Waals surface area contributed by atoms with Crippen molar-refractivity contribution in [2.24, 2.45) is 0 Å². The van der Waals surface area contributed by atoms with Gasteiger partial charge in [0.15, 0.2) is 22.1 Å². The number of anilines is 1.